The lowest BCUT2D eigenvalue weighted by Gasteiger charge is -2.30. The Morgan fingerprint density at radius 3 is 2.69 bits per heavy atom. The number of nitrogens with one attached hydrogen (secondary N) is 3. The molecular formula is C25H30F2N6O2. The van der Waals surface area contributed by atoms with E-state index in [9.17, 15) is 18.7 Å². The first-order valence-electron chi connectivity index (χ1n) is 11.8. The van der Waals surface area contributed by atoms with Gasteiger partial charge in [-0.1, -0.05) is 25.1 Å². The first-order chi connectivity index (χ1) is 16.8. The number of amides is 1. The summed E-state index contributed by atoms with van der Waals surface area (Å²) >= 11 is 0. The Hall–Kier alpha value is -3.37. The van der Waals surface area contributed by atoms with E-state index in [1.807, 2.05) is 0 Å². The molecule has 0 saturated heterocycles. The largest absolute Gasteiger partial charge is 0.390 e. The van der Waals surface area contributed by atoms with Crippen LogP contribution in [0.3, 0.4) is 0 Å². The Balaban J connectivity index is 1.50. The van der Waals surface area contributed by atoms with Gasteiger partial charge in [0.2, 0.25) is 11.8 Å². The number of benzene rings is 2. The zero-order valence-electron chi connectivity index (χ0n) is 19.5. The number of aromatic nitrogens is 3. The number of nitrogens with zero attached hydrogens (tertiary/aromatic N) is 2. The number of rotatable bonds is 9. The third-order valence-electron chi connectivity index (χ3n) is 6.38. The number of hydrogen-bond acceptors (Lipinski definition) is 6. The predicted molar refractivity (Wildman–Crippen MR) is 128 cm³/mol. The SMILES string of the molecule is CCc1ccc2c(c1)[C@@H](NC[C@H](O)[C@H](Cc1cc(F)cc(F)c1)NC(=O)c1nc(N)n[nH]1)CCC2. The van der Waals surface area contributed by atoms with Crippen LogP contribution in [0.25, 0.3) is 0 Å². The zero-order valence-corrected chi connectivity index (χ0v) is 19.5. The highest BCUT2D eigenvalue weighted by Gasteiger charge is 2.27. The molecule has 1 amide bonds. The maximum Gasteiger partial charge on any atom is 0.288 e. The fourth-order valence-electron chi connectivity index (χ4n) is 4.56. The second-order valence-corrected chi connectivity index (χ2v) is 8.91. The van der Waals surface area contributed by atoms with Gasteiger partial charge in [-0.2, -0.15) is 4.98 Å². The fourth-order valence-corrected chi connectivity index (χ4v) is 4.56. The Kier molecular flexibility index (Phi) is 7.72. The molecule has 1 aliphatic rings. The van der Waals surface area contributed by atoms with Gasteiger partial charge in [0, 0.05) is 18.7 Å². The summed E-state index contributed by atoms with van der Waals surface area (Å²) < 4.78 is 27.5. The van der Waals surface area contributed by atoms with Crippen molar-refractivity contribution in [3.05, 3.63) is 76.1 Å². The van der Waals surface area contributed by atoms with Gasteiger partial charge in [-0.15, -0.1) is 5.10 Å². The van der Waals surface area contributed by atoms with Crippen molar-refractivity contribution in [1.82, 2.24) is 25.8 Å². The minimum atomic E-state index is -1.05. The van der Waals surface area contributed by atoms with Gasteiger partial charge in [0.25, 0.3) is 5.91 Å². The first-order valence-corrected chi connectivity index (χ1v) is 11.8. The summed E-state index contributed by atoms with van der Waals surface area (Å²) in [5.41, 5.74) is 9.56. The molecule has 1 aromatic heterocycles. The molecule has 10 heteroatoms. The smallest absolute Gasteiger partial charge is 0.288 e. The lowest BCUT2D eigenvalue weighted by molar-refractivity contribution is 0.0814. The number of fused-ring (bicyclic) bond motifs is 1. The topological polar surface area (TPSA) is 129 Å². The molecular weight excluding hydrogens is 454 g/mol. The van der Waals surface area contributed by atoms with Gasteiger partial charge in [-0.3, -0.25) is 9.89 Å². The molecule has 8 nitrogen and oxygen atoms in total. The van der Waals surface area contributed by atoms with Crippen LogP contribution in [0, 0.1) is 11.6 Å². The van der Waals surface area contributed by atoms with Crippen LogP contribution in [-0.2, 0) is 19.3 Å². The van der Waals surface area contributed by atoms with E-state index in [1.54, 1.807) is 0 Å². The Labute approximate surface area is 202 Å². The molecule has 3 atom stereocenters. The molecule has 6 N–H and O–H groups in total. The van der Waals surface area contributed by atoms with Crippen LogP contribution in [0.2, 0.25) is 0 Å². The van der Waals surface area contributed by atoms with E-state index >= 15 is 0 Å². The van der Waals surface area contributed by atoms with Crippen LogP contribution >= 0.6 is 0 Å². The van der Waals surface area contributed by atoms with Crippen LogP contribution in [0.5, 0.6) is 0 Å². The van der Waals surface area contributed by atoms with Crippen LogP contribution in [0.1, 0.15) is 58.7 Å². The van der Waals surface area contributed by atoms with Gasteiger partial charge in [-0.05, 0) is 66.5 Å². The normalized spacial score (nSPS) is 17.0. The first kappa shape index (κ1) is 24.7. The van der Waals surface area contributed by atoms with Crippen molar-refractivity contribution in [3.63, 3.8) is 0 Å². The number of carbonyl (C=O) groups is 1. The maximum absolute atomic E-state index is 13.8. The third-order valence-corrected chi connectivity index (χ3v) is 6.38. The molecule has 1 aliphatic carbocycles. The number of nitrogens with two attached hydrogens (primary N) is 1. The lowest BCUT2D eigenvalue weighted by Crippen LogP contribution is -2.49. The van der Waals surface area contributed by atoms with Gasteiger partial charge in [0.05, 0.1) is 12.1 Å². The van der Waals surface area contributed by atoms with E-state index in [4.69, 9.17) is 5.73 Å². The van der Waals surface area contributed by atoms with Crippen LogP contribution in [0.15, 0.2) is 36.4 Å². The molecule has 0 saturated carbocycles. The van der Waals surface area contributed by atoms with E-state index < -0.39 is 29.7 Å². The van der Waals surface area contributed by atoms with Gasteiger partial charge in [0.1, 0.15) is 11.6 Å². The second-order valence-electron chi connectivity index (χ2n) is 8.91. The molecule has 2 aromatic carbocycles. The number of aliphatic hydroxyl groups is 1. The number of aryl methyl sites for hydroxylation is 2. The molecule has 1 heterocycles. The molecule has 0 radical (unpaired) electrons. The fraction of sp³-hybridized carbons (Fsp3) is 0.400. The maximum atomic E-state index is 13.8. The van der Waals surface area contributed by atoms with Gasteiger partial charge in [0.15, 0.2) is 0 Å². The molecule has 3 aromatic rings. The van der Waals surface area contributed by atoms with Crippen molar-refractivity contribution in [2.75, 3.05) is 12.3 Å². The summed E-state index contributed by atoms with van der Waals surface area (Å²) in [4.78, 5) is 16.5. The third kappa shape index (κ3) is 6.20. The highest BCUT2D eigenvalue weighted by atomic mass is 19.1. The summed E-state index contributed by atoms with van der Waals surface area (Å²) in [5.74, 6) is -2.31. The van der Waals surface area contributed by atoms with Crippen molar-refractivity contribution in [3.8, 4) is 0 Å². The highest BCUT2D eigenvalue weighted by molar-refractivity contribution is 5.90. The summed E-state index contributed by atoms with van der Waals surface area (Å²) in [6, 6.07) is 8.87. The number of H-pyrrole nitrogens is 1. The van der Waals surface area contributed by atoms with E-state index in [0.29, 0.717) is 5.56 Å². The number of aromatic amines is 1. The molecule has 0 unspecified atom stereocenters. The summed E-state index contributed by atoms with van der Waals surface area (Å²) in [6.07, 6.45) is 2.87. The molecule has 0 aliphatic heterocycles. The summed E-state index contributed by atoms with van der Waals surface area (Å²) in [5, 5.41) is 23.2. The van der Waals surface area contributed by atoms with Crippen LogP contribution < -0.4 is 16.4 Å². The molecule has 186 valence electrons. The van der Waals surface area contributed by atoms with Crippen molar-refractivity contribution in [2.45, 2.75) is 57.2 Å². The number of anilines is 1. The highest BCUT2D eigenvalue weighted by Crippen LogP contribution is 2.30. The number of carbonyl (C=O) groups excluding carboxylic acids is 1. The van der Waals surface area contributed by atoms with Crippen LogP contribution in [0.4, 0.5) is 14.7 Å². The number of hydrogen-bond donors (Lipinski definition) is 5. The average Bonchev–Trinajstić information content (AvgIpc) is 3.27. The lowest BCUT2D eigenvalue weighted by atomic mass is 9.86. The number of halogens is 2. The number of nitrogen functional groups attached to an aromatic ring is 1. The summed E-state index contributed by atoms with van der Waals surface area (Å²) in [7, 11) is 0. The van der Waals surface area contributed by atoms with Crippen LogP contribution in [-0.4, -0.2) is 44.9 Å². The monoisotopic (exact) mass is 484 g/mol. The van der Waals surface area contributed by atoms with Crippen molar-refractivity contribution in [1.29, 1.82) is 0 Å². The van der Waals surface area contributed by atoms with E-state index in [1.165, 1.54) is 28.8 Å². The molecule has 0 fully saturated rings. The Morgan fingerprint density at radius 1 is 1.23 bits per heavy atom. The van der Waals surface area contributed by atoms with Gasteiger partial charge in [-0.25, -0.2) is 8.78 Å². The molecule has 0 spiro atoms. The Bertz CT molecular complexity index is 1160. The molecule has 35 heavy (non-hydrogen) atoms. The molecule has 4 rings (SSSR count). The minimum absolute atomic E-state index is 0.00806. The van der Waals surface area contributed by atoms with E-state index in [2.05, 4.69) is 50.9 Å². The van der Waals surface area contributed by atoms with E-state index in [-0.39, 0.29) is 30.8 Å². The second kappa shape index (κ2) is 10.9. The zero-order chi connectivity index (χ0) is 24.9. The molecule has 0 bridgehead atoms. The number of aliphatic hydroxyl groups excluding tert-OH is 1. The van der Waals surface area contributed by atoms with Crippen molar-refractivity contribution in [2.24, 2.45) is 0 Å². The minimum Gasteiger partial charge on any atom is -0.390 e. The van der Waals surface area contributed by atoms with E-state index in [0.717, 1.165) is 31.7 Å². The van der Waals surface area contributed by atoms with Crippen molar-refractivity contribution < 1.29 is 18.7 Å². The average molecular weight is 485 g/mol. The quantitative estimate of drug-likeness (QED) is 0.318. The van der Waals surface area contributed by atoms with Gasteiger partial charge < -0.3 is 21.5 Å². The standard InChI is InChI=1S/C25H30F2N6O2/c1-2-14-6-7-16-4-3-5-20(19(16)10-14)29-13-22(34)21(11-15-8-17(26)12-18(27)9-15)30-24(35)23-31-25(28)33-32-23/h6-10,12,20-22,29,34H,2-5,11,13H2,1H3,(H,30,35)(H3,28,31,32,33)/t20-,21-,22-/m0/s1. The Morgan fingerprint density at radius 2 is 2.00 bits per heavy atom. The summed E-state index contributed by atoms with van der Waals surface area (Å²) in [6.45, 7) is 2.28. The van der Waals surface area contributed by atoms with Gasteiger partial charge >= 0.3 is 0 Å². The predicted octanol–water partition coefficient (Wildman–Crippen LogP) is 2.60. The van der Waals surface area contributed by atoms with Crippen molar-refractivity contribution >= 4 is 11.9 Å².